The highest BCUT2D eigenvalue weighted by molar-refractivity contribution is 5.85. The molecule has 2 aliphatic heterocycles. The molecule has 0 unspecified atom stereocenters. The van der Waals surface area contributed by atoms with Crippen molar-refractivity contribution in [3.8, 4) is 17.2 Å². The van der Waals surface area contributed by atoms with Crippen LogP contribution in [0.4, 0.5) is 0 Å². The average molecular weight is 358 g/mol. The van der Waals surface area contributed by atoms with Crippen LogP contribution in [0.3, 0.4) is 0 Å². The maximum absolute atomic E-state index is 9.07. The lowest BCUT2D eigenvalue weighted by Gasteiger charge is -2.24. The van der Waals surface area contributed by atoms with Gasteiger partial charge in [0, 0.05) is 29.4 Å². The van der Waals surface area contributed by atoms with E-state index < -0.39 is 0 Å². The van der Waals surface area contributed by atoms with Crippen molar-refractivity contribution >= 4 is 11.0 Å². The van der Waals surface area contributed by atoms with Gasteiger partial charge in [-0.15, -0.1) is 0 Å². The van der Waals surface area contributed by atoms with E-state index in [-0.39, 0.29) is 0 Å². The molecule has 0 radical (unpaired) electrons. The third-order valence-electron chi connectivity index (χ3n) is 5.79. The quantitative estimate of drug-likeness (QED) is 0.747. The molecule has 136 valence electrons. The largest absolute Gasteiger partial charge is 0.376 e. The molecule has 1 aromatic carbocycles. The first-order chi connectivity index (χ1) is 13.3. The van der Waals surface area contributed by atoms with Crippen LogP contribution >= 0.6 is 0 Å². The SMILES string of the molecule is N#CCc1c[nH]c2ncc(-c3cc4c(c([C@@H]5CCCN5)c3)COCC4)cc12. The van der Waals surface area contributed by atoms with E-state index in [1.807, 2.05) is 12.4 Å². The fourth-order valence-electron chi connectivity index (χ4n) is 4.39. The zero-order valence-electron chi connectivity index (χ0n) is 15.2. The van der Waals surface area contributed by atoms with Gasteiger partial charge in [-0.25, -0.2) is 4.98 Å². The molecular formula is C22H22N4O. The number of fused-ring (bicyclic) bond motifs is 2. The number of hydrogen-bond acceptors (Lipinski definition) is 4. The number of pyridine rings is 1. The van der Waals surface area contributed by atoms with E-state index in [4.69, 9.17) is 10.00 Å². The third kappa shape index (κ3) is 2.91. The summed E-state index contributed by atoms with van der Waals surface area (Å²) in [7, 11) is 0. The summed E-state index contributed by atoms with van der Waals surface area (Å²) in [4.78, 5) is 7.76. The number of hydrogen-bond donors (Lipinski definition) is 2. The molecule has 1 saturated heterocycles. The van der Waals surface area contributed by atoms with Crippen molar-refractivity contribution in [2.75, 3.05) is 13.2 Å². The van der Waals surface area contributed by atoms with Gasteiger partial charge in [0.25, 0.3) is 0 Å². The fourth-order valence-corrected chi connectivity index (χ4v) is 4.39. The van der Waals surface area contributed by atoms with Crippen LogP contribution in [0.2, 0.25) is 0 Å². The highest BCUT2D eigenvalue weighted by Crippen LogP contribution is 2.35. The topological polar surface area (TPSA) is 73.7 Å². The van der Waals surface area contributed by atoms with E-state index in [0.717, 1.165) is 41.7 Å². The minimum atomic E-state index is 0.393. The summed E-state index contributed by atoms with van der Waals surface area (Å²) in [5, 5.41) is 13.7. The standard InChI is InChI=1S/C22H22N4O/c23-5-3-15-11-25-22-18(15)10-17(12-26-22)16-8-14-4-7-27-13-20(14)19(9-16)21-2-1-6-24-21/h8-12,21,24H,1-4,6-7,13H2,(H,25,26)/t21-/m0/s1. The maximum atomic E-state index is 9.07. The molecule has 2 N–H and O–H groups in total. The molecule has 1 fully saturated rings. The Bertz CT molecular complexity index is 1040. The van der Waals surface area contributed by atoms with Gasteiger partial charge in [0.2, 0.25) is 0 Å². The lowest BCUT2D eigenvalue weighted by atomic mass is 9.88. The second kappa shape index (κ2) is 6.80. The van der Waals surface area contributed by atoms with Crippen LogP contribution in [-0.2, 0) is 24.2 Å². The van der Waals surface area contributed by atoms with Crippen molar-refractivity contribution in [1.29, 1.82) is 5.26 Å². The van der Waals surface area contributed by atoms with E-state index >= 15 is 0 Å². The molecule has 0 aliphatic carbocycles. The second-order valence-electron chi connectivity index (χ2n) is 7.42. The van der Waals surface area contributed by atoms with Gasteiger partial charge in [0.15, 0.2) is 0 Å². The molecule has 27 heavy (non-hydrogen) atoms. The number of nitriles is 1. The first-order valence-corrected chi connectivity index (χ1v) is 9.63. The second-order valence-corrected chi connectivity index (χ2v) is 7.42. The third-order valence-corrected chi connectivity index (χ3v) is 5.79. The lowest BCUT2D eigenvalue weighted by molar-refractivity contribution is 0.109. The van der Waals surface area contributed by atoms with Gasteiger partial charge in [0.1, 0.15) is 5.65 Å². The van der Waals surface area contributed by atoms with E-state index in [1.54, 1.807) is 0 Å². The molecule has 5 rings (SSSR count). The number of H-pyrrole nitrogens is 1. The predicted octanol–water partition coefficient (Wildman–Crippen LogP) is 3.79. The van der Waals surface area contributed by atoms with Gasteiger partial charge in [-0.1, -0.05) is 6.07 Å². The lowest BCUT2D eigenvalue weighted by Crippen LogP contribution is -2.19. The maximum Gasteiger partial charge on any atom is 0.137 e. The van der Waals surface area contributed by atoms with Gasteiger partial charge in [-0.3, -0.25) is 0 Å². The molecule has 5 nitrogen and oxygen atoms in total. The van der Waals surface area contributed by atoms with E-state index in [0.29, 0.717) is 19.1 Å². The Labute approximate surface area is 158 Å². The van der Waals surface area contributed by atoms with Crippen molar-refractivity contribution in [2.24, 2.45) is 0 Å². The minimum absolute atomic E-state index is 0.393. The molecule has 1 atom stereocenters. The van der Waals surface area contributed by atoms with Crippen LogP contribution in [0.5, 0.6) is 0 Å². The monoisotopic (exact) mass is 358 g/mol. The Morgan fingerprint density at radius 2 is 2.22 bits per heavy atom. The molecule has 3 aromatic rings. The average Bonchev–Trinajstić information content (AvgIpc) is 3.37. The number of nitrogens with zero attached hydrogens (tertiary/aromatic N) is 2. The Hall–Kier alpha value is -2.68. The molecular weight excluding hydrogens is 336 g/mol. The fraction of sp³-hybridized carbons (Fsp3) is 0.364. The number of aromatic amines is 1. The van der Waals surface area contributed by atoms with Gasteiger partial charge >= 0.3 is 0 Å². The minimum Gasteiger partial charge on any atom is -0.376 e. The number of rotatable bonds is 3. The molecule has 4 heterocycles. The predicted molar refractivity (Wildman–Crippen MR) is 104 cm³/mol. The number of ether oxygens (including phenoxy) is 1. The van der Waals surface area contributed by atoms with Gasteiger partial charge in [0.05, 0.1) is 25.7 Å². The number of benzene rings is 1. The summed E-state index contributed by atoms with van der Waals surface area (Å²) in [5.74, 6) is 0. The smallest absolute Gasteiger partial charge is 0.137 e. The Morgan fingerprint density at radius 3 is 3.07 bits per heavy atom. The van der Waals surface area contributed by atoms with Crippen LogP contribution in [0.25, 0.3) is 22.2 Å². The molecule has 0 amide bonds. The first kappa shape index (κ1) is 16.5. The van der Waals surface area contributed by atoms with E-state index in [9.17, 15) is 0 Å². The molecule has 5 heteroatoms. The normalized spacial score (nSPS) is 19.1. The molecule has 0 bridgehead atoms. The molecule has 0 spiro atoms. The Morgan fingerprint density at radius 1 is 1.26 bits per heavy atom. The molecule has 2 aliphatic rings. The summed E-state index contributed by atoms with van der Waals surface area (Å²) >= 11 is 0. The highest BCUT2D eigenvalue weighted by atomic mass is 16.5. The number of aromatic nitrogens is 2. The van der Waals surface area contributed by atoms with Crippen molar-refractivity contribution in [3.05, 3.63) is 52.8 Å². The van der Waals surface area contributed by atoms with Gasteiger partial charge < -0.3 is 15.0 Å². The Kier molecular flexibility index (Phi) is 4.16. The van der Waals surface area contributed by atoms with Crippen LogP contribution in [0, 0.1) is 11.3 Å². The zero-order valence-corrected chi connectivity index (χ0v) is 15.2. The van der Waals surface area contributed by atoms with Crippen LogP contribution < -0.4 is 5.32 Å². The Balaban J connectivity index is 1.64. The van der Waals surface area contributed by atoms with Crippen LogP contribution in [0.1, 0.15) is 41.1 Å². The van der Waals surface area contributed by atoms with E-state index in [1.165, 1.54) is 35.1 Å². The van der Waals surface area contributed by atoms with Crippen LogP contribution in [0.15, 0.2) is 30.6 Å². The zero-order chi connectivity index (χ0) is 18.2. The van der Waals surface area contributed by atoms with Crippen LogP contribution in [-0.4, -0.2) is 23.1 Å². The van der Waals surface area contributed by atoms with Crippen molar-refractivity contribution < 1.29 is 4.74 Å². The number of nitrogens with one attached hydrogen (secondary N) is 2. The van der Waals surface area contributed by atoms with E-state index in [2.05, 4.69) is 39.6 Å². The van der Waals surface area contributed by atoms with Gasteiger partial charge in [-0.2, -0.15) is 5.26 Å². The highest BCUT2D eigenvalue weighted by Gasteiger charge is 2.24. The first-order valence-electron chi connectivity index (χ1n) is 9.63. The van der Waals surface area contributed by atoms with Crippen molar-refractivity contribution in [1.82, 2.24) is 15.3 Å². The summed E-state index contributed by atoms with van der Waals surface area (Å²) in [6, 6.07) is 9.44. The summed E-state index contributed by atoms with van der Waals surface area (Å²) in [6.07, 6.45) is 7.58. The summed E-state index contributed by atoms with van der Waals surface area (Å²) in [6.45, 7) is 2.58. The van der Waals surface area contributed by atoms with Crippen molar-refractivity contribution in [3.63, 3.8) is 0 Å². The molecule has 2 aromatic heterocycles. The summed E-state index contributed by atoms with van der Waals surface area (Å²) < 4.78 is 5.76. The van der Waals surface area contributed by atoms with Crippen molar-refractivity contribution in [2.45, 2.75) is 38.3 Å². The van der Waals surface area contributed by atoms with Gasteiger partial charge in [-0.05, 0) is 65.8 Å². The summed E-state index contributed by atoms with van der Waals surface area (Å²) in [5.41, 5.74) is 8.30. The molecule has 0 saturated carbocycles.